The van der Waals surface area contributed by atoms with Gasteiger partial charge in [0.2, 0.25) is 0 Å². The van der Waals surface area contributed by atoms with Crippen LogP contribution in [0.2, 0.25) is 0 Å². The molecule has 0 spiro atoms. The molecule has 0 aliphatic heterocycles. The number of thiophene rings is 2. The van der Waals surface area contributed by atoms with Crippen LogP contribution in [0.25, 0.3) is 10.1 Å². The summed E-state index contributed by atoms with van der Waals surface area (Å²) in [6.07, 6.45) is 3.50. The molecular weight excluding hydrogens is 294 g/mol. The zero-order valence-corrected chi connectivity index (χ0v) is 14.0. The van der Waals surface area contributed by atoms with Crippen molar-refractivity contribution in [3.63, 3.8) is 0 Å². The van der Waals surface area contributed by atoms with Crippen molar-refractivity contribution in [1.82, 2.24) is 5.32 Å². The summed E-state index contributed by atoms with van der Waals surface area (Å²) in [6, 6.07) is 13.6. The first-order valence-corrected chi connectivity index (χ1v) is 9.36. The maximum Gasteiger partial charge on any atom is 0.0346 e. The average molecular weight is 316 g/mol. The number of benzene rings is 1. The molecule has 1 aromatic carbocycles. The fourth-order valence-corrected chi connectivity index (χ4v) is 4.44. The third-order valence-corrected chi connectivity index (χ3v) is 5.70. The third-order valence-electron chi connectivity index (χ3n) is 3.79. The lowest BCUT2D eigenvalue weighted by Crippen LogP contribution is -2.22. The van der Waals surface area contributed by atoms with Crippen molar-refractivity contribution in [3.05, 3.63) is 57.6 Å². The Bertz CT molecular complexity index is 669. The largest absolute Gasteiger partial charge is 0.310 e. The average Bonchev–Trinajstić information content (AvgIpc) is 3.17. The highest BCUT2D eigenvalue weighted by molar-refractivity contribution is 7.17. The molecule has 0 saturated heterocycles. The number of hydrogen-bond donors (Lipinski definition) is 1. The van der Waals surface area contributed by atoms with Crippen LogP contribution in [0.15, 0.2) is 47.2 Å². The van der Waals surface area contributed by atoms with Crippen molar-refractivity contribution in [3.8, 4) is 0 Å². The van der Waals surface area contributed by atoms with E-state index in [9.17, 15) is 0 Å². The second-order valence-electron chi connectivity index (χ2n) is 5.31. The third kappa shape index (κ3) is 3.54. The first-order valence-electron chi connectivity index (χ1n) is 7.60. The Hall–Kier alpha value is -1.16. The van der Waals surface area contributed by atoms with Gasteiger partial charge < -0.3 is 5.32 Å². The molecule has 2 heterocycles. The Morgan fingerprint density at radius 3 is 2.81 bits per heavy atom. The Kier molecular flexibility index (Phi) is 5.07. The van der Waals surface area contributed by atoms with Gasteiger partial charge in [-0.05, 0) is 59.6 Å². The lowest BCUT2D eigenvalue weighted by atomic mass is 10.0. The Morgan fingerprint density at radius 1 is 1.10 bits per heavy atom. The summed E-state index contributed by atoms with van der Waals surface area (Å²) in [6.45, 7) is 3.31. The maximum absolute atomic E-state index is 3.74. The molecule has 1 nitrogen and oxygen atoms in total. The first-order chi connectivity index (χ1) is 10.4. The van der Waals surface area contributed by atoms with Crippen LogP contribution >= 0.6 is 22.7 Å². The van der Waals surface area contributed by atoms with E-state index in [0.717, 1.165) is 13.0 Å². The second-order valence-corrected chi connectivity index (χ2v) is 7.26. The number of nitrogens with one attached hydrogen (secondary N) is 1. The minimum atomic E-state index is 0.461. The van der Waals surface area contributed by atoms with Crippen LogP contribution in [0.1, 0.15) is 36.2 Å². The number of aryl methyl sites for hydroxylation is 1. The quantitative estimate of drug-likeness (QED) is 0.595. The van der Waals surface area contributed by atoms with Crippen LogP contribution in [0.3, 0.4) is 0 Å². The first kappa shape index (κ1) is 14.8. The predicted molar refractivity (Wildman–Crippen MR) is 95.5 cm³/mol. The molecule has 3 heteroatoms. The van der Waals surface area contributed by atoms with Gasteiger partial charge in [0, 0.05) is 15.6 Å². The summed E-state index contributed by atoms with van der Waals surface area (Å²) in [4.78, 5) is 1.48. The molecule has 0 radical (unpaired) electrons. The molecule has 0 bridgehead atoms. The molecular formula is C18H21NS2. The second kappa shape index (κ2) is 7.21. The van der Waals surface area contributed by atoms with Gasteiger partial charge in [0.25, 0.3) is 0 Å². The van der Waals surface area contributed by atoms with Crippen LogP contribution < -0.4 is 5.32 Å². The lowest BCUT2D eigenvalue weighted by molar-refractivity contribution is 0.504. The number of fused-ring (bicyclic) bond motifs is 1. The number of hydrogen-bond acceptors (Lipinski definition) is 3. The summed E-state index contributed by atoms with van der Waals surface area (Å²) in [5.74, 6) is 0. The maximum atomic E-state index is 3.74. The van der Waals surface area contributed by atoms with Crippen LogP contribution in [-0.4, -0.2) is 6.54 Å². The molecule has 0 saturated carbocycles. The van der Waals surface area contributed by atoms with Gasteiger partial charge >= 0.3 is 0 Å². The minimum absolute atomic E-state index is 0.461. The Morgan fingerprint density at radius 2 is 2.00 bits per heavy atom. The molecule has 3 aromatic rings. The SMILES string of the molecule is CCCNC(CCc1cccs1)c1csc2ccccc12. The highest BCUT2D eigenvalue weighted by Gasteiger charge is 2.15. The lowest BCUT2D eigenvalue weighted by Gasteiger charge is -2.18. The molecule has 3 rings (SSSR count). The fourth-order valence-electron chi connectivity index (χ4n) is 2.70. The molecule has 0 aliphatic rings. The van der Waals surface area contributed by atoms with Crippen LogP contribution in [-0.2, 0) is 6.42 Å². The van der Waals surface area contributed by atoms with Crippen molar-refractivity contribution in [2.45, 2.75) is 32.2 Å². The Labute approximate surface area is 134 Å². The summed E-state index contributed by atoms with van der Waals surface area (Å²) >= 11 is 3.73. The molecule has 1 N–H and O–H groups in total. The molecule has 1 unspecified atom stereocenters. The van der Waals surface area contributed by atoms with E-state index < -0.39 is 0 Å². The van der Waals surface area contributed by atoms with Gasteiger partial charge in [-0.15, -0.1) is 22.7 Å². The molecule has 1 atom stereocenters. The van der Waals surface area contributed by atoms with E-state index >= 15 is 0 Å². The van der Waals surface area contributed by atoms with Gasteiger partial charge in [-0.25, -0.2) is 0 Å². The van der Waals surface area contributed by atoms with E-state index in [1.807, 2.05) is 22.7 Å². The molecule has 0 amide bonds. The smallest absolute Gasteiger partial charge is 0.0346 e. The van der Waals surface area contributed by atoms with Gasteiger partial charge in [-0.1, -0.05) is 31.2 Å². The monoisotopic (exact) mass is 315 g/mol. The topological polar surface area (TPSA) is 12.0 Å². The van der Waals surface area contributed by atoms with Crippen LogP contribution in [0.4, 0.5) is 0 Å². The van der Waals surface area contributed by atoms with E-state index in [2.05, 4.69) is 59.4 Å². The summed E-state index contributed by atoms with van der Waals surface area (Å²) in [7, 11) is 0. The van der Waals surface area contributed by atoms with Gasteiger partial charge in [-0.3, -0.25) is 0 Å². The van der Waals surface area contributed by atoms with Crippen molar-refractivity contribution in [1.29, 1.82) is 0 Å². The van der Waals surface area contributed by atoms with E-state index in [1.54, 1.807) is 0 Å². The van der Waals surface area contributed by atoms with Gasteiger partial charge in [0.15, 0.2) is 0 Å². The van der Waals surface area contributed by atoms with Crippen molar-refractivity contribution >= 4 is 32.8 Å². The minimum Gasteiger partial charge on any atom is -0.310 e. The van der Waals surface area contributed by atoms with E-state index in [1.165, 1.54) is 33.4 Å². The van der Waals surface area contributed by atoms with Crippen LogP contribution in [0.5, 0.6) is 0 Å². The molecule has 21 heavy (non-hydrogen) atoms. The Balaban J connectivity index is 1.80. The summed E-state index contributed by atoms with van der Waals surface area (Å²) in [5.41, 5.74) is 1.47. The molecule has 0 aliphatic carbocycles. The molecule has 110 valence electrons. The van der Waals surface area contributed by atoms with Crippen molar-refractivity contribution < 1.29 is 0 Å². The zero-order valence-electron chi connectivity index (χ0n) is 12.3. The van der Waals surface area contributed by atoms with Gasteiger partial charge in [-0.2, -0.15) is 0 Å². The van der Waals surface area contributed by atoms with E-state index in [-0.39, 0.29) is 0 Å². The highest BCUT2D eigenvalue weighted by Crippen LogP contribution is 2.32. The zero-order chi connectivity index (χ0) is 14.5. The molecule has 2 aromatic heterocycles. The highest BCUT2D eigenvalue weighted by atomic mass is 32.1. The number of rotatable bonds is 7. The predicted octanol–water partition coefficient (Wildman–Crippen LogP) is 5.64. The van der Waals surface area contributed by atoms with Crippen molar-refractivity contribution in [2.75, 3.05) is 6.54 Å². The summed E-state index contributed by atoms with van der Waals surface area (Å²) < 4.78 is 1.40. The standard InChI is InChI=1S/C18H21NS2/c1-2-11-19-17(10-9-14-6-5-12-20-14)16-13-21-18-8-4-3-7-15(16)18/h3-8,12-13,17,19H,2,9-11H2,1H3. The van der Waals surface area contributed by atoms with Gasteiger partial charge in [0.1, 0.15) is 0 Å². The van der Waals surface area contributed by atoms with Crippen molar-refractivity contribution in [2.24, 2.45) is 0 Å². The molecule has 0 fully saturated rings. The fraction of sp³-hybridized carbons (Fsp3) is 0.333. The summed E-state index contributed by atoms with van der Waals surface area (Å²) in [5, 5.41) is 9.67. The van der Waals surface area contributed by atoms with E-state index in [0.29, 0.717) is 6.04 Å². The van der Waals surface area contributed by atoms with Gasteiger partial charge in [0.05, 0.1) is 0 Å². The van der Waals surface area contributed by atoms with Crippen LogP contribution in [0, 0.1) is 0 Å². The van der Waals surface area contributed by atoms with E-state index in [4.69, 9.17) is 0 Å². The normalized spacial score (nSPS) is 12.8.